The molecule has 1 aliphatic carbocycles. The van der Waals surface area contributed by atoms with Crippen LogP contribution in [0.15, 0.2) is 36.7 Å². The van der Waals surface area contributed by atoms with Gasteiger partial charge in [0.15, 0.2) is 17.2 Å². The number of nitrogens with zero attached hydrogens (tertiary/aromatic N) is 8. The summed E-state index contributed by atoms with van der Waals surface area (Å²) in [5.41, 5.74) is 3.34. The zero-order valence-corrected chi connectivity index (χ0v) is 22.8. The maximum Gasteiger partial charge on any atom is 0.434 e. The summed E-state index contributed by atoms with van der Waals surface area (Å²) < 4.78 is 49.8. The first-order chi connectivity index (χ1) is 19.6. The van der Waals surface area contributed by atoms with Crippen molar-refractivity contribution in [2.24, 2.45) is 14.1 Å². The van der Waals surface area contributed by atoms with Gasteiger partial charge >= 0.3 is 6.18 Å². The van der Waals surface area contributed by atoms with Crippen LogP contribution in [0, 0.1) is 5.41 Å². The fourth-order valence-electron chi connectivity index (χ4n) is 4.86. The van der Waals surface area contributed by atoms with Crippen molar-refractivity contribution in [2.45, 2.75) is 31.5 Å². The third kappa shape index (κ3) is 4.68. The number of anilines is 1. The van der Waals surface area contributed by atoms with Gasteiger partial charge in [0.05, 0.1) is 25.5 Å². The number of rotatable bonds is 7. The average Bonchev–Trinajstić information content (AvgIpc) is 3.70. The van der Waals surface area contributed by atoms with Crippen molar-refractivity contribution in [1.29, 1.82) is 5.41 Å². The number of nitrogens with one attached hydrogen (secondary N) is 2. The van der Waals surface area contributed by atoms with E-state index in [0.29, 0.717) is 46.5 Å². The van der Waals surface area contributed by atoms with Crippen molar-refractivity contribution in [2.75, 3.05) is 19.5 Å². The minimum atomic E-state index is -4.52. The van der Waals surface area contributed by atoms with Gasteiger partial charge in [-0.1, -0.05) is 24.3 Å². The first-order valence-electron chi connectivity index (χ1n) is 12.9. The lowest BCUT2D eigenvalue weighted by molar-refractivity contribution is -0.140. The number of fused-ring (bicyclic) bond motifs is 1. The van der Waals surface area contributed by atoms with Crippen LogP contribution in [0.3, 0.4) is 0 Å². The summed E-state index contributed by atoms with van der Waals surface area (Å²) in [5, 5.41) is 11.7. The number of alkyl halides is 3. The van der Waals surface area contributed by atoms with Crippen LogP contribution < -0.4 is 15.7 Å². The number of hydrogen-bond donors (Lipinski definition) is 2. The Hall–Kier alpha value is -4.75. The monoisotopic (exact) mass is 564 g/mol. The van der Waals surface area contributed by atoms with Crippen LogP contribution in [0.1, 0.15) is 35.7 Å². The van der Waals surface area contributed by atoms with E-state index in [2.05, 4.69) is 25.3 Å². The molecule has 4 aromatic heterocycles. The van der Waals surface area contributed by atoms with Gasteiger partial charge in [0.1, 0.15) is 16.9 Å². The molecular weight excluding hydrogens is 537 g/mol. The third-order valence-electron chi connectivity index (χ3n) is 7.17. The van der Waals surface area contributed by atoms with Gasteiger partial charge in [-0.3, -0.25) is 9.98 Å². The van der Waals surface area contributed by atoms with Gasteiger partial charge in [-0.15, -0.1) is 0 Å². The molecule has 11 nitrogen and oxygen atoms in total. The number of aromatic nitrogens is 8. The maximum atomic E-state index is 13.1. The number of ether oxygens (including phenoxy) is 1. The molecular formula is C27H27F3N10O. The third-order valence-corrected chi connectivity index (χ3v) is 7.17. The number of imidazole rings is 2. The van der Waals surface area contributed by atoms with Crippen LogP contribution in [0.2, 0.25) is 0 Å². The van der Waals surface area contributed by atoms with Crippen LogP contribution in [-0.2, 0) is 26.8 Å². The summed E-state index contributed by atoms with van der Waals surface area (Å²) in [4.78, 5) is 22.4. The number of benzene rings is 1. The topological polar surface area (TPSA) is 124 Å². The lowest BCUT2D eigenvalue weighted by Crippen LogP contribution is -2.23. The molecule has 0 saturated heterocycles. The lowest BCUT2D eigenvalue weighted by atomic mass is 10.1. The summed E-state index contributed by atoms with van der Waals surface area (Å²) >= 11 is 0. The van der Waals surface area contributed by atoms with E-state index in [-0.39, 0.29) is 17.4 Å². The highest BCUT2D eigenvalue weighted by Crippen LogP contribution is 2.45. The second-order valence-corrected chi connectivity index (χ2v) is 9.97. The summed E-state index contributed by atoms with van der Waals surface area (Å²) in [6, 6.07) is 7.06. The van der Waals surface area contributed by atoms with Crippen LogP contribution in [0.4, 0.5) is 19.1 Å². The second-order valence-electron chi connectivity index (χ2n) is 9.97. The first kappa shape index (κ1) is 26.5. The van der Waals surface area contributed by atoms with E-state index in [0.717, 1.165) is 30.3 Å². The van der Waals surface area contributed by atoms with Crippen LogP contribution in [-0.4, -0.2) is 52.8 Å². The van der Waals surface area contributed by atoms with E-state index in [9.17, 15) is 13.2 Å². The van der Waals surface area contributed by atoms with E-state index in [1.807, 2.05) is 12.1 Å². The SMILES string of the molecule is CNc1nc(OC)c(-c2ncc3c(n2)n(Cc2ccc(-c4nc(C(F)(F)F)cn4C)cc2)c(=N)n3C)c(C2CC2)n1. The summed E-state index contributed by atoms with van der Waals surface area (Å²) in [5.74, 6) is 1.72. The molecule has 1 aromatic carbocycles. The molecule has 0 radical (unpaired) electrons. The molecule has 5 aromatic rings. The largest absolute Gasteiger partial charge is 0.480 e. The lowest BCUT2D eigenvalue weighted by Gasteiger charge is -2.13. The Kier molecular flexibility index (Phi) is 6.27. The molecule has 14 heteroatoms. The smallest absolute Gasteiger partial charge is 0.434 e. The van der Waals surface area contributed by atoms with Crippen LogP contribution in [0.25, 0.3) is 33.9 Å². The molecule has 1 saturated carbocycles. The van der Waals surface area contributed by atoms with Crippen molar-refractivity contribution in [3.05, 3.63) is 59.2 Å². The number of aryl methyl sites for hydroxylation is 2. The first-order valence-corrected chi connectivity index (χ1v) is 12.9. The molecule has 1 fully saturated rings. The minimum absolute atomic E-state index is 0.214. The van der Waals surface area contributed by atoms with E-state index in [4.69, 9.17) is 15.1 Å². The van der Waals surface area contributed by atoms with Crippen molar-refractivity contribution in [3.63, 3.8) is 0 Å². The quantitative estimate of drug-likeness (QED) is 0.305. The van der Waals surface area contributed by atoms with Crippen molar-refractivity contribution >= 4 is 17.1 Å². The van der Waals surface area contributed by atoms with E-state index < -0.39 is 11.9 Å². The highest BCUT2D eigenvalue weighted by molar-refractivity contribution is 5.76. The predicted molar refractivity (Wildman–Crippen MR) is 144 cm³/mol. The van der Waals surface area contributed by atoms with E-state index >= 15 is 0 Å². The zero-order chi connectivity index (χ0) is 29.1. The summed E-state index contributed by atoms with van der Waals surface area (Å²) in [7, 11) is 6.60. The molecule has 0 atom stereocenters. The van der Waals surface area contributed by atoms with Gasteiger partial charge in [-0.25, -0.2) is 19.9 Å². The van der Waals surface area contributed by atoms with Gasteiger partial charge in [0.2, 0.25) is 17.4 Å². The van der Waals surface area contributed by atoms with E-state index in [1.54, 1.807) is 48.7 Å². The number of methoxy groups -OCH3 is 1. The molecule has 212 valence electrons. The Morgan fingerprint density at radius 3 is 2.41 bits per heavy atom. The van der Waals surface area contributed by atoms with Gasteiger partial charge in [-0.2, -0.15) is 18.2 Å². The Labute approximate surface area is 232 Å². The average molecular weight is 565 g/mol. The molecule has 2 N–H and O–H groups in total. The van der Waals surface area contributed by atoms with Crippen LogP contribution >= 0.6 is 0 Å². The van der Waals surface area contributed by atoms with Gasteiger partial charge < -0.3 is 19.2 Å². The Morgan fingerprint density at radius 2 is 1.80 bits per heavy atom. The fraction of sp³-hybridized carbons (Fsp3) is 0.333. The minimum Gasteiger partial charge on any atom is -0.480 e. The van der Waals surface area contributed by atoms with Gasteiger partial charge in [0, 0.05) is 38.8 Å². The number of hydrogen-bond acceptors (Lipinski definition) is 8. The van der Waals surface area contributed by atoms with E-state index in [1.165, 1.54) is 11.6 Å². The maximum absolute atomic E-state index is 13.1. The molecule has 0 spiro atoms. The Balaban J connectivity index is 1.39. The van der Waals surface area contributed by atoms with Crippen molar-refractivity contribution in [3.8, 4) is 28.7 Å². The highest BCUT2D eigenvalue weighted by Gasteiger charge is 2.35. The van der Waals surface area contributed by atoms with Crippen molar-refractivity contribution < 1.29 is 17.9 Å². The highest BCUT2D eigenvalue weighted by atomic mass is 19.4. The molecule has 4 heterocycles. The number of halogens is 3. The normalized spacial score (nSPS) is 13.6. The molecule has 0 amide bonds. The van der Waals surface area contributed by atoms with Crippen LogP contribution in [0.5, 0.6) is 5.88 Å². The Morgan fingerprint density at radius 1 is 1.07 bits per heavy atom. The van der Waals surface area contributed by atoms with Crippen molar-refractivity contribution in [1.82, 2.24) is 38.6 Å². The standard InChI is InChI=1S/C27H27F3N10O/c1-32-26-35-20(15-9-10-15)19(24(37-26)41-4)21-33-11-17-23(36-21)40(25(31)39(17)3)12-14-5-7-16(8-6-14)22-34-18(13-38(22)2)27(28,29)30/h5-8,11,13,15,31H,9-10,12H2,1-4H3,(H,32,35,37). The predicted octanol–water partition coefficient (Wildman–Crippen LogP) is 4.10. The second kappa shape index (κ2) is 9.71. The molecule has 41 heavy (non-hydrogen) atoms. The zero-order valence-electron chi connectivity index (χ0n) is 22.8. The van der Waals surface area contributed by atoms with Gasteiger partial charge in [0.25, 0.3) is 0 Å². The van der Waals surface area contributed by atoms with Gasteiger partial charge in [-0.05, 0) is 18.4 Å². The molecule has 0 aliphatic heterocycles. The Bertz CT molecular complexity index is 1830. The molecule has 1 aliphatic rings. The molecule has 0 bridgehead atoms. The summed E-state index contributed by atoms with van der Waals surface area (Å²) in [6.45, 7) is 0.309. The fourth-order valence-corrected chi connectivity index (χ4v) is 4.86. The molecule has 6 rings (SSSR count). The summed E-state index contributed by atoms with van der Waals surface area (Å²) in [6.07, 6.45) is 0.145. The molecule has 0 unspecified atom stereocenters.